The molecule has 2 N–H and O–H groups in total. The van der Waals surface area contributed by atoms with Crippen LogP contribution in [0.2, 0.25) is 0 Å². The molecule has 1 heterocycles. The highest BCUT2D eigenvalue weighted by Crippen LogP contribution is 2.19. The Balaban J connectivity index is 1.95. The SMILES string of the molecule is Cc1nn(CC(C)C)c(C)c1CCC(=O)Nc1ccc(C(C)C(=O)O)cc1. The van der Waals surface area contributed by atoms with Crippen LogP contribution < -0.4 is 5.32 Å². The monoisotopic (exact) mass is 371 g/mol. The Morgan fingerprint density at radius 2 is 1.78 bits per heavy atom. The number of benzene rings is 1. The fourth-order valence-corrected chi connectivity index (χ4v) is 3.08. The summed E-state index contributed by atoms with van der Waals surface area (Å²) in [5, 5.41) is 16.5. The van der Waals surface area contributed by atoms with Crippen molar-refractivity contribution in [2.24, 2.45) is 5.92 Å². The summed E-state index contributed by atoms with van der Waals surface area (Å²) in [6, 6.07) is 6.95. The first-order chi connectivity index (χ1) is 12.7. The number of carboxylic acids is 1. The van der Waals surface area contributed by atoms with Gasteiger partial charge in [-0.1, -0.05) is 26.0 Å². The maximum absolute atomic E-state index is 12.3. The molecule has 0 bridgehead atoms. The molecule has 1 aromatic carbocycles. The van der Waals surface area contributed by atoms with Crippen LogP contribution in [0.25, 0.3) is 0 Å². The Bertz CT molecular complexity index is 807. The van der Waals surface area contributed by atoms with Gasteiger partial charge in [-0.3, -0.25) is 14.3 Å². The summed E-state index contributed by atoms with van der Waals surface area (Å²) in [7, 11) is 0. The summed E-state index contributed by atoms with van der Waals surface area (Å²) in [5.74, 6) is -0.978. The molecular formula is C21H29N3O3. The van der Waals surface area contributed by atoms with Gasteiger partial charge in [0.2, 0.25) is 5.91 Å². The summed E-state index contributed by atoms with van der Waals surface area (Å²) >= 11 is 0. The van der Waals surface area contributed by atoms with Crippen molar-refractivity contribution < 1.29 is 14.7 Å². The molecule has 6 nitrogen and oxygen atoms in total. The van der Waals surface area contributed by atoms with Crippen LogP contribution in [0, 0.1) is 19.8 Å². The standard InChI is InChI=1S/C21H29N3O3/c1-13(2)12-24-16(5)19(15(4)23-24)10-11-20(25)22-18-8-6-17(7-9-18)14(3)21(26)27/h6-9,13-14H,10-12H2,1-5H3,(H,22,25)(H,26,27). The van der Waals surface area contributed by atoms with Crippen molar-refractivity contribution in [3.05, 3.63) is 46.8 Å². The van der Waals surface area contributed by atoms with Crippen molar-refractivity contribution in [2.75, 3.05) is 5.32 Å². The molecule has 0 aliphatic carbocycles. The second-order valence-corrected chi connectivity index (χ2v) is 7.46. The topological polar surface area (TPSA) is 84.2 Å². The molecule has 1 amide bonds. The van der Waals surface area contributed by atoms with Gasteiger partial charge in [-0.25, -0.2) is 0 Å². The van der Waals surface area contributed by atoms with Gasteiger partial charge in [0.05, 0.1) is 11.6 Å². The van der Waals surface area contributed by atoms with E-state index in [1.165, 1.54) is 0 Å². The lowest BCUT2D eigenvalue weighted by molar-refractivity contribution is -0.138. The number of aromatic nitrogens is 2. The van der Waals surface area contributed by atoms with E-state index in [4.69, 9.17) is 5.11 Å². The van der Waals surface area contributed by atoms with Gasteiger partial charge in [-0.2, -0.15) is 5.10 Å². The highest BCUT2D eigenvalue weighted by molar-refractivity contribution is 5.91. The summed E-state index contributed by atoms with van der Waals surface area (Å²) in [6.45, 7) is 10.9. The van der Waals surface area contributed by atoms with Crippen LogP contribution >= 0.6 is 0 Å². The minimum Gasteiger partial charge on any atom is -0.481 e. The second kappa shape index (κ2) is 8.84. The number of rotatable bonds is 8. The van der Waals surface area contributed by atoms with E-state index in [1.54, 1.807) is 31.2 Å². The third-order valence-electron chi connectivity index (χ3n) is 4.74. The van der Waals surface area contributed by atoms with Crippen molar-refractivity contribution in [3.63, 3.8) is 0 Å². The number of nitrogens with zero attached hydrogens (tertiary/aromatic N) is 2. The fourth-order valence-electron chi connectivity index (χ4n) is 3.08. The molecule has 27 heavy (non-hydrogen) atoms. The van der Waals surface area contributed by atoms with E-state index in [9.17, 15) is 9.59 Å². The first kappa shape index (κ1) is 20.7. The maximum atomic E-state index is 12.3. The van der Waals surface area contributed by atoms with Crippen LogP contribution in [-0.4, -0.2) is 26.8 Å². The number of carbonyl (C=O) groups excluding carboxylic acids is 1. The van der Waals surface area contributed by atoms with E-state index in [1.807, 2.05) is 11.6 Å². The Hall–Kier alpha value is -2.63. The average Bonchev–Trinajstić information content (AvgIpc) is 2.85. The zero-order valence-corrected chi connectivity index (χ0v) is 16.7. The Morgan fingerprint density at radius 3 is 2.33 bits per heavy atom. The summed E-state index contributed by atoms with van der Waals surface area (Å²) in [5.41, 5.74) is 4.63. The van der Waals surface area contributed by atoms with Crippen LogP contribution in [0.1, 0.15) is 55.6 Å². The molecule has 1 unspecified atom stereocenters. The Kier molecular flexibility index (Phi) is 6.77. The number of carbonyl (C=O) groups is 2. The molecule has 0 aliphatic rings. The molecule has 0 fully saturated rings. The first-order valence-corrected chi connectivity index (χ1v) is 9.34. The molecule has 1 aromatic heterocycles. The predicted octanol–water partition coefficient (Wildman–Crippen LogP) is 3.92. The number of amides is 1. The third kappa shape index (κ3) is 5.42. The number of hydrogen-bond acceptors (Lipinski definition) is 3. The summed E-state index contributed by atoms with van der Waals surface area (Å²) in [6.07, 6.45) is 1.03. The van der Waals surface area contributed by atoms with Gasteiger partial charge in [0.1, 0.15) is 0 Å². The van der Waals surface area contributed by atoms with Crippen molar-refractivity contribution >= 4 is 17.6 Å². The van der Waals surface area contributed by atoms with Gasteiger partial charge in [0.25, 0.3) is 0 Å². The van der Waals surface area contributed by atoms with Gasteiger partial charge >= 0.3 is 5.97 Å². The van der Waals surface area contributed by atoms with E-state index >= 15 is 0 Å². The second-order valence-electron chi connectivity index (χ2n) is 7.46. The van der Waals surface area contributed by atoms with Gasteiger partial charge < -0.3 is 10.4 Å². The smallest absolute Gasteiger partial charge is 0.310 e. The molecule has 0 spiro atoms. The molecule has 0 aliphatic heterocycles. The molecule has 146 valence electrons. The number of carboxylic acid groups (broad SMARTS) is 1. The van der Waals surface area contributed by atoms with Gasteiger partial charge in [0.15, 0.2) is 0 Å². The van der Waals surface area contributed by atoms with E-state index in [0.29, 0.717) is 30.0 Å². The van der Waals surface area contributed by atoms with Gasteiger partial charge in [0, 0.05) is 24.3 Å². The number of aryl methyl sites for hydroxylation is 1. The van der Waals surface area contributed by atoms with Crippen LogP contribution in [0.4, 0.5) is 5.69 Å². The van der Waals surface area contributed by atoms with E-state index in [2.05, 4.69) is 31.2 Å². The minimum atomic E-state index is -0.865. The minimum absolute atomic E-state index is 0.0653. The highest BCUT2D eigenvalue weighted by atomic mass is 16.4. The van der Waals surface area contributed by atoms with Gasteiger partial charge in [-0.05, 0) is 56.4 Å². The molecule has 0 saturated heterocycles. The molecule has 1 atom stereocenters. The largest absolute Gasteiger partial charge is 0.481 e. The Morgan fingerprint density at radius 1 is 1.15 bits per heavy atom. The molecule has 6 heteroatoms. The van der Waals surface area contributed by atoms with Crippen molar-refractivity contribution in [1.29, 1.82) is 0 Å². The molecule has 2 rings (SSSR count). The lowest BCUT2D eigenvalue weighted by Gasteiger charge is -2.10. The number of anilines is 1. The maximum Gasteiger partial charge on any atom is 0.310 e. The highest BCUT2D eigenvalue weighted by Gasteiger charge is 2.15. The molecule has 0 radical (unpaired) electrons. The summed E-state index contributed by atoms with van der Waals surface area (Å²) in [4.78, 5) is 23.3. The number of hydrogen-bond donors (Lipinski definition) is 2. The van der Waals surface area contributed by atoms with E-state index in [-0.39, 0.29) is 5.91 Å². The lowest BCUT2D eigenvalue weighted by atomic mass is 10.0. The van der Waals surface area contributed by atoms with Crippen LogP contribution in [0.5, 0.6) is 0 Å². The first-order valence-electron chi connectivity index (χ1n) is 9.34. The molecule has 0 saturated carbocycles. The average molecular weight is 371 g/mol. The third-order valence-corrected chi connectivity index (χ3v) is 4.74. The quantitative estimate of drug-likeness (QED) is 0.737. The van der Waals surface area contributed by atoms with Crippen molar-refractivity contribution in [3.8, 4) is 0 Å². The van der Waals surface area contributed by atoms with Crippen molar-refractivity contribution in [2.45, 2.75) is 59.9 Å². The summed E-state index contributed by atoms with van der Waals surface area (Å²) < 4.78 is 2.02. The normalized spacial score (nSPS) is 12.2. The molecule has 2 aromatic rings. The van der Waals surface area contributed by atoms with E-state index in [0.717, 1.165) is 23.5 Å². The predicted molar refractivity (Wildman–Crippen MR) is 106 cm³/mol. The molecular weight excluding hydrogens is 342 g/mol. The van der Waals surface area contributed by atoms with Crippen LogP contribution in [-0.2, 0) is 22.6 Å². The lowest BCUT2D eigenvalue weighted by Crippen LogP contribution is -2.13. The number of nitrogens with one attached hydrogen (secondary N) is 1. The fraction of sp³-hybridized carbons (Fsp3) is 0.476. The number of aliphatic carboxylic acids is 1. The van der Waals surface area contributed by atoms with Crippen molar-refractivity contribution in [1.82, 2.24) is 9.78 Å². The van der Waals surface area contributed by atoms with Crippen LogP contribution in [0.15, 0.2) is 24.3 Å². The van der Waals surface area contributed by atoms with Crippen LogP contribution in [0.3, 0.4) is 0 Å². The zero-order valence-electron chi connectivity index (χ0n) is 16.7. The van der Waals surface area contributed by atoms with Gasteiger partial charge in [-0.15, -0.1) is 0 Å². The zero-order chi connectivity index (χ0) is 20.1. The van der Waals surface area contributed by atoms with E-state index < -0.39 is 11.9 Å². The Labute approximate surface area is 160 Å².